The highest BCUT2D eigenvalue weighted by molar-refractivity contribution is 7.13. The molecule has 0 fully saturated rings. The molecule has 1 amide bonds. The van der Waals surface area contributed by atoms with E-state index < -0.39 is 11.6 Å². The van der Waals surface area contributed by atoms with Crippen molar-refractivity contribution in [3.63, 3.8) is 0 Å². The molecule has 1 atom stereocenters. The molecule has 0 aliphatic heterocycles. The van der Waals surface area contributed by atoms with Crippen molar-refractivity contribution in [2.24, 2.45) is 0 Å². The lowest BCUT2D eigenvalue weighted by Crippen LogP contribution is -3.11. The Morgan fingerprint density at radius 3 is 2.81 bits per heavy atom. The molecule has 3 rings (SSSR count). The molecule has 2 aromatic heterocycles. The Balaban J connectivity index is 1.61. The molecule has 6 nitrogen and oxygen atoms in total. The molecule has 1 aromatic carbocycles. The fourth-order valence-corrected chi connectivity index (χ4v) is 3.28. The van der Waals surface area contributed by atoms with Crippen LogP contribution in [0.3, 0.4) is 0 Å². The molecule has 3 aromatic rings. The number of thiophene rings is 1. The second-order valence-corrected chi connectivity index (χ2v) is 6.96. The number of nitrogens with zero attached hydrogens (tertiary/aromatic N) is 2. The zero-order valence-electron chi connectivity index (χ0n) is 14.7. The number of hydrogen-bond donors (Lipinski definition) is 2. The highest BCUT2D eigenvalue weighted by Gasteiger charge is 2.19. The fraction of sp³-hybridized carbons (Fsp3) is 0.278. The second-order valence-electron chi connectivity index (χ2n) is 6.01. The van der Waals surface area contributed by atoms with Crippen LogP contribution in [0.5, 0.6) is 0 Å². The van der Waals surface area contributed by atoms with E-state index in [2.05, 4.69) is 15.5 Å². The zero-order chi connectivity index (χ0) is 19.2. The zero-order valence-corrected chi connectivity index (χ0v) is 15.5. The van der Waals surface area contributed by atoms with E-state index in [0.717, 1.165) is 34.9 Å². The van der Waals surface area contributed by atoms with Gasteiger partial charge in [0, 0.05) is 11.8 Å². The van der Waals surface area contributed by atoms with E-state index in [4.69, 9.17) is 4.42 Å². The monoisotopic (exact) mass is 393 g/mol. The minimum absolute atomic E-state index is 0.142. The minimum atomic E-state index is -1.00. The van der Waals surface area contributed by atoms with Crippen molar-refractivity contribution < 1.29 is 22.9 Å². The smallest absolute Gasteiger partial charge is 0.279 e. The first-order valence-corrected chi connectivity index (χ1v) is 9.38. The van der Waals surface area contributed by atoms with Crippen LogP contribution in [0, 0.1) is 11.6 Å². The summed E-state index contributed by atoms with van der Waals surface area (Å²) in [5, 5.41) is 12.6. The van der Waals surface area contributed by atoms with Crippen LogP contribution in [0.2, 0.25) is 0 Å². The summed E-state index contributed by atoms with van der Waals surface area (Å²) < 4.78 is 31.9. The Hall–Kier alpha value is -2.65. The third-order valence-electron chi connectivity index (χ3n) is 3.82. The maximum absolute atomic E-state index is 13.3. The predicted octanol–water partition coefficient (Wildman–Crippen LogP) is 2.51. The molecule has 2 N–H and O–H groups in total. The molecule has 9 heteroatoms. The van der Waals surface area contributed by atoms with Gasteiger partial charge in [0.2, 0.25) is 0 Å². The van der Waals surface area contributed by atoms with Crippen molar-refractivity contribution >= 4 is 22.9 Å². The van der Waals surface area contributed by atoms with Gasteiger partial charge in [-0.25, -0.2) is 8.78 Å². The van der Waals surface area contributed by atoms with Crippen LogP contribution in [-0.4, -0.2) is 29.2 Å². The number of nitrogens with one attached hydrogen (secondary N) is 2. The number of carbonyl (C=O) groups excluding carboxylic acids is 1. The molecule has 2 heterocycles. The first kappa shape index (κ1) is 19.1. The third kappa shape index (κ3) is 5.18. The quantitative estimate of drug-likeness (QED) is 0.617. The fourth-order valence-electron chi connectivity index (χ4n) is 2.64. The van der Waals surface area contributed by atoms with E-state index in [9.17, 15) is 13.6 Å². The van der Waals surface area contributed by atoms with Gasteiger partial charge >= 0.3 is 0 Å². The molecule has 0 spiro atoms. The van der Waals surface area contributed by atoms with E-state index in [1.54, 1.807) is 0 Å². The van der Waals surface area contributed by atoms with Crippen LogP contribution in [-0.2, 0) is 11.3 Å². The van der Waals surface area contributed by atoms with Crippen LogP contribution in [0.15, 0.2) is 40.1 Å². The molecule has 0 saturated heterocycles. The predicted molar refractivity (Wildman–Crippen MR) is 97.3 cm³/mol. The van der Waals surface area contributed by atoms with Crippen molar-refractivity contribution in [1.29, 1.82) is 0 Å². The number of hydrogen-bond acceptors (Lipinski definition) is 5. The number of aromatic nitrogens is 2. The van der Waals surface area contributed by atoms with Gasteiger partial charge < -0.3 is 14.6 Å². The lowest BCUT2D eigenvalue weighted by molar-refractivity contribution is -0.907. The van der Waals surface area contributed by atoms with Gasteiger partial charge in [-0.15, -0.1) is 21.5 Å². The molecule has 0 saturated carbocycles. The molecule has 27 heavy (non-hydrogen) atoms. The molecule has 0 bridgehead atoms. The van der Waals surface area contributed by atoms with Crippen molar-refractivity contribution in [1.82, 2.24) is 10.2 Å². The van der Waals surface area contributed by atoms with E-state index in [1.165, 1.54) is 17.4 Å². The molecular formula is C18H19F2N4O2S+. The first-order chi connectivity index (χ1) is 13.0. The average Bonchev–Trinajstić information content (AvgIpc) is 3.29. The number of anilines is 1. The number of rotatable bonds is 8. The van der Waals surface area contributed by atoms with Gasteiger partial charge in [0.1, 0.15) is 0 Å². The Morgan fingerprint density at radius 2 is 2.11 bits per heavy atom. The van der Waals surface area contributed by atoms with E-state index in [0.29, 0.717) is 18.3 Å². The molecule has 0 aliphatic rings. The first-order valence-electron chi connectivity index (χ1n) is 8.50. The van der Waals surface area contributed by atoms with Crippen LogP contribution < -0.4 is 10.2 Å². The number of amides is 1. The standard InChI is InChI=1S/C18H18F2N4O2S/c1-2-7-24(10-16(25)21-12-5-6-13(19)14(20)9-12)11-17-22-23-18(26-17)15-4-3-8-27-15/h3-6,8-9H,2,7,10-11H2,1H3,(H,21,25)/p+1. The summed E-state index contributed by atoms with van der Waals surface area (Å²) in [6.45, 7) is 3.28. The van der Waals surface area contributed by atoms with Gasteiger partial charge in [-0.05, 0) is 30.0 Å². The Morgan fingerprint density at radius 1 is 1.26 bits per heavy atom. The summed E-state index contributed by atoms with van der Waals surface area (Å²) in [4.78, 5) is 14.1. The second kappa shape index (κ2) is 8.83. The summed E-state index contributed by atoms with van der Waals surface area (Å²) in [7, 11) is 0. The van der Waals surface area contributed by atoms with Crippen molar-refractivity contribution in [3.8, 4) is 10.8 Å². The number of benzene rings is 1. The van der Waals surface area contributed by atoms with Crippen LogP contribution in [0.1, 0.15) is 19.2 Å². The van der Waals surface area contributed by atoms with Gasteiger partial charge in [-0.3, -0.25) is 4.79 Å². The average molecular weight is 393 g/mol. The van der Waals surface area contributed by atoms with Gasteiger partial charge in [0.05, 0.1) is 11.4 Å². The number of carbonyl (C=O) groups is 1. The number of quaternary nitrogens is 1. The third-order valence-corrected chi connectivity index (χ3v) is 4.68. The van der Waals surface area contributed by atoms with Crippen molar-refractivity contribution in [2.45, 2.75) is 19.9 Å². The van der Waals surface area contributed by atoms with Crippen LogP contribution in [0.4, 0.5) is 14.5 Å². The molecule has 0 radical (unpaired) electrons. The Kier molecular flexibility index (Phi) is 6.25. The summed E-state index contributed by atoms with van der Waals surface area (Å²) in [5.41, 5.74) is 0.215. The molecule has 1 unspecified atom stereocenters. The molecule has 0 aliphatic carbocycles. The minimum Gasteiger partial charge on any atom is -0.414 e. The van der Waals surface area contributed by atoms with Gasteiger partial charge in [-0.2, -0.15) is 0 Å². The Bertz CT molecular complexity index is 899. The van der Waals surface area contributed by atoms with Crippen molar-refractivity contribution in [2.75, 3.05) is 18.4 Å². The topological polar surface area (TPSA) is 72.5 Å². The lowest BCUT2D eigenvalue weighted by atomic mass is 10.3. The number of halogens is 2. The summed E-state index contributed by atoms with van der Waals surface area (Å²) in [5.74, 6) is -1.35. The van der Waals surface area contributed by atoms with Crippen molar-refractivity contribution in [3.05, 3.63) is 53.2 Å². The molecular weight excluding hydrogens is 374 g/mol. The summed E-state index contributed by atoms with van der Waals surface area (Å²) in [6, 6.07) is 7.06. The maximum Gasteiger partial charge on any atom is 0.279 e. The summed E-state index contributed by atoms with van der Waals surface area (Å²) >= 11 is 1.51. The largest absolute Gasteiger partial charge is 0.414 e. The highest BCUT2D eigenvalue weighted by atomic mass is 32.1. The lowest BCUT2D eigenvalue weighted by Gasteiger charge is -2.16. The highest BCUT2D eigenvalue weighted by Crippen LogP contribution is 2.22. The van der Waals surface area contributed by atoms with E-state index >= 15 is 0 Å². The van der Waals surface area contributed by atoms with Gasteiger partial charge in [0.25, 0.3) is 17.7 Å². The van der Waals surface area contributed by atoms with Crippen LogP contribution in [0.25, 0.3) is 10.8 Å². The van der Waals surface area contributed by atoms with Gasteiger partial charge in [-0.1, -0.05) is 13.0 Å². The van der Waals surface area contributed by atoms with E-state index in [1.807, 2.05) is 24.4 Å². The molecule has 142 valence electrons. The van der Waals surface area contributed by atoms with Gasteiger partial charge in [0.15, 0.2) is 24.7 Å². The Labute approximate surface area is 158 Å². The maximum atomic E-state index is 13.3. The summed E-state index contributed by atoms with van der Waals surface area (Å²) in [6.07, 6.45) is 0.861. The van der Waals surface area contributed by atoms with Crippen LogP contribution >= 0.6 is 11.3 Å². The van der Waals surface area contributed by atoms with E-state index in [-0.39, 0.29) is 18.1 Å². The normalized spacial score (nSPS) is 12.1. The SMILES string of the molecule is CCC[NH+](CC(=O)Nc1ccc(F)c(F)c1)Cc1nnc(-c2cccs2)o1.